The molecule has 0 unspecified atom stereocenters. The van der Waals surface area contributed by atoms with Gasteiger partial charge in [-0.25, -0.2) is 0 Å². The van der Waals surface area contributed by atoms with Crippen LogP contribution in [-0.2, 0) is 19.5 Å². The van der Waals surface area contributed by atoms with Crippen molar-refractivity contribution in [2.45, 2.75) is 65.1 Å². The highest BCUT2D eigenvalue weighted by molar-refractivity contribution is 5.11. The van der Waals surface area contributed by atoms with Crippen LogP contribution in [0.3, 0.4) is 0 Å². The summed E-state index contributed by atoms with van der Waals surface area (Å²) in [5, 5.41) is 8.43. The molecule has 1 aromatic rings. The maximum absolute atomic E-state index is 4.62. The van der Waals surface area contributed by atoms with Crippen molar-refractivity contribution in [1.82, 2.24) is 15.1 Å². The lowest BCUT2D eigenvalue weighted by molar-refractivity contribution is 0.407. The second-order valence-corrected chi connectivity index (χ2v) is 5.88. The van der Waals surface area contributed by atoms with Crippen molar-refractivity contribution in [3.63, 3.8) is 0 Å². The Balaban J connectivity index is 1.62. The normalized spacial score (nSPS) is 19.7. The number of rotatable bonds is 7. The van der Waals surface area contributed by atoms with Crippen LogP contribution in [0.5, 0.6) is 0 Å². The van der Waals surface area contributed by atoms with E-state index in [0.717, 1.165) is 37.4 Å². The topological polar surface area (TPSA) is 29.9 Å². The minimum atomic E-state index is 0.787. The molecule has 2 aliphatic carbocycles. The zero-order valence-electron chi connectivity index (χ0n) is 11.7. The van der Waals surface area contributed by atoms with Gasteiger partial charge in [-0.2, -0.15) is 5.10 Å². The molecule has 2 fully saturated rings. The molecule has 1 aromatic heterocycles. The summed E-state index contributed by atoms with van der Waals surface area (Å²) in [6.45, 7) is 6.33. The molecule has 0 aliphatic heterocycles. The lowest BCUT2D eigenvalue weighted by atomic mass is 10.1. The Morgan fingerprint density at radius 1 is 1.28 bits per heavy atom. The molecule has 0 amide bonds. The fraction of sp³-hybridized carbons (Fsp3) is 0.800. The van der Waals surface area contributed by atoms with Gasteiger partial charge < -0.3 is 5.32 Å². The first-order chi connectivity index (χ1) is 8.81. The van der Waals surface area contributed by atoms with Crippen LogP contribution < -0.4 is 5.32 Å². The van der Waals surface area contributed by atoms with Gasteiger partial charge in [-0.3, -0.25) is 4.68 Å². The van der Waals surface area contributed by atoms with Crippen molar-refractivity contribution in [3.05, 3.63) is 17.5 Å². The SMILES string of the molecule is CCc1cc(CNC(C2CC2)C2CC2)n(CC)n1. The molecule has 1 heterocycles. The van der Waals surface area contributed by atoms with Gasteiger partial charge in [0.1, 0.15) is 0 Å². The van der Waals surface area contributed by atoms with Gasteiger partial charge in [0.25, 0.3) is 0 Å². The van der Waals surface area contributed by atoms with Crippen molar-refractivity contribution >= 4 is 0 Å². The summed E-state index contributed by atoms with van der Waals surface area (Å²) in [4.78, 5) is 0. The van der Waals surface area contributed by atoms with E-state index in [9.17, 15) is 0 Å². The fourth-order valence-electron chi connectivity index (χ4n) is 2.96. The lowest BCUT2D eigenvalue weighted by Gasteiger charge is -2.17. The van der Waals surface area contributed by atoms with Gasteiger partial charge in [0.05, 0.1) is 11.4 Å². The number of aryl methyl sites for hydroxylation is 2. The van der Waals surface area contributed by atoms with E-state index >= 15 is 0 Å². The zero-order chi connectivity index (χ0) is 12.5. The Morgan fingerprint density at radius 2 is 1.94 bits per heavy atom. The van der Waals surface area contributed by atoms with Gasteiger partial charge >= 0.3 is 0 Å². The quantitative estimate of drug-likeness (QED) is 0.803. The van der Waals surface area contributed by atoms with E-state index in [0.29, 0.717) is 0 Å². The van der Waals surface area contributed by atoms with E-state index in [1.807, 2.05) is 0 Å². The van der Waals surface area contributed by atoms with Crippen LogP contribution in [0, 0.1) is 11.8 Å². The molecule has 0 bridgehead atoms. The van der Waals surface area contributed by atoms with Crippen LogP contribution in [0.1, 0.15) is 50.9 Å². The monoisotopic (exact) mass is 247 g/mol. The minimum absolute atomic E-state index is 0.787. The predicted octanol–water partition coefficient (Wildman–Crippen LogP) is 2.74. The number of aromatic nitrogens is 2. The van der Waals surface area contributed by atoms with Crippen LogP contribution in [0.2, 0.25) is 0 Å². The molecule has 2 aliphatic rings. The minimum Gasteiger partial charge on any atom is -0.308 e. The first-order valence-electron chi connectivity index (χ1n) is 7.60. The Labute approximate surface area is 110 Å². The van der Waals surface area contributed by atoms with E-state index in [1.165, 1.54) is 37.1 Å². The average molecular weight is 247 g/mol. The molecule has 1 N–H and O–H groups in total. The molecule has 0 aromatic carbocycles. The molecule has 2 saturated carbocycles. The molecule has 3 heteroatoms. The van der Waals surface area contributed by atoms with E-state index in [2.05, 4.69) is 35.0 Å². The van der Waals surface area contributed by atoms with Gasteiger partial charge in [-0.15, -0.1) is 0 Å². The second kappa shape index (κ2) is 5.04. The average Bonchev–Trinajstić information content (AvgIpc) is 3.28. The number of hydrogen-bond acceptors (Lipinski definition) is 2. The summed E-state index contributed by atoms with van der Waals surface area (Å²) >= 11 is 0. The van der Waals surface area contributed by atoms with Crippen molar-refractivity contribution in [3.8, 4) is 0 Å². The molecule has 0 saturated heterocycles. The van der Waals surface area contributed by atoms with Crippen molar-refractivity contribution in [2.24, 2.45) is 11.8 Å². The fourth-order valence-corrected chi connectivity index (χ4v) is 2.96. The third kappa shape index (κ3) is 2.61. The van der Waals surface area contributed by atoms with E-state index in [4.69, 9.17) is 0 Å². The third-order valence-corrected chi connectivity index (χ3v) is 4.35. The highest BCUT2D eigenvalue weighted by Gasteiger charge is 2.41. The van der Waals surface area contributed by atoms with E-state index in [-0.39, 0.29) is 0 Å². The van der Waals surface area contributed by atoms with Crippen LogP contribution in [-0.4, -0.2) is 15.8 Å². The maximum Gasteiger partial charge on any atom is 0.0625 e. The summed E-state index contributed by atoms with van der Waals surface area (Å²) < 4.78 is 2.16. The first kappa shape index (κ1) is 12.2. The molecule has 18 heavy (non-hydrogen) atoms. The second-order valence-electron chi connectivity index (χ2n) is 5.88. The van der Waals surface area contributed by atoms with Gasteiger partial charge in [-0.05, 0) is 56.9 Å². The summed E-state index contributed by atoms with van der Waals surface area (Å²) in [5.41, 5.74) is 2.59. The molecular formula is C15H25N3. The number of nitrogens with one attached hydrogen (secondary N) is 1. The van der Waals surface area contributed by atoms with Crippen molar-refractivity contribution in [1.29, 1.82) is 0 Å². The Morgan fingerprint density at radius 3 is 2.44 bits per heavy atom. The molecule has 3 rings (SSSR count). The number of hydrogen-bond donors (Lipinski definition) is 1. The molecule has 0 spiro atoms. The Bertz CT molecular complexity index is 390. The van der Waals surface area contributed by atoms with Gasteiger partial charge in [0.15, 0.2) is 0 Å². The molecule has 0 atom stereocenters. The molecule has 3 nitrogen and oxygen atoms in total. The predicted molar refractivity (Wildman–Crippen MR) is 73.4 cm³/mol. The van der Waals surface area contributed by atoms with Crippen LogP contribution in [0.4, 0.5) is 0 Å². The Kier molecular flexibility index (Phi) is 3.42. The van der Waals surface area contributed by atoms with Crippen molar-refractivity contribution in [2.75, 3.05) is 0 Å². The van der Waals surface area contributed by atoms with Gasteiger partial charge in [0, 0.05) is 19.1 Å². The highest BCUT2D eigenvalue weighted by Crippen LogP contribution is 2.44. The third-order valence-electron chi connectivity index (χ3n) is 4.35. The molecule has 0 radical (unpaired) electrons. The summed E-state index contributed by atoms with van der Waals surface area (Å²) in [6.07, 6.45) is 6.82. The van der Waals surface area contributed by atoms with Gasteiger partial charge in [0.2, 0.25) is 0 Å². The van der Waals surface area contributed by atoms with Crippen LogP contribution >= 0.6 is 0 Å². The number of nitrogens with zero attached hydrogens (tertiary/aromatic N) is 2. The summed E-state index contributed by atoms with van der Waals surface area (Å²) in [6, 6.07) is 3.06. The van der Waals surface area contributed by atoms with Crippen LogP contribution in [0.25, 0.3) is 0 Å². The molecule has 100 valence electrons. The maximum atomic E-state index is 4.62. The smallest absolute Gasteiger partial charge is 0.0625 e. The van der Waals surface area contributed by atoms with E-state index in [1.54, 1.807) is 0 Å². The van der Waals surface area contributed by atoms with Crippen LogP contribution in [0.15, 0.2) is 6.07 Å². The summed E-state index contributed by atoms with van der Waals surface area (Å²) in [7, 11) is 0. The lowest BCUT2D eigenvalue weighted by Crippen LogP contribution is -2.33. The summed E-state index contributed by atoms with van der Waals surface area (Å²) in [5.74, 6) is 1.95. The van der Waals surface area contributed by atoms with E-state index < -0.39 is 0 Å². The standard InChI is InChI=1S/C15H25N3/c1-3-13-9-14(18(4-2)17-13)10-16-15(11-5-6-11)12-7-8-12/h9,11-12,15-16H,3-8,10H2,1-2H3. The van der Waals surface area contributed by atoms with Gasteiger partial charge in [-0.1, -0.05) is 6.92 Å². The molecular weight excluding hydrogens is 222 g/mol. The van der Waals surface area contributed by atoms with Crippen molar-refractivity contribution < 1.29 is 0 Å². The Hall–Kier alpha value is -0.830. The zero-order valence-corrected chi connectivity index (χ0v) is 11.7. The highest BCUT2D eigenvalue weighted by atomic mass is 15.3. The first-order valence-corrected chi connectivity index (χ1v) is 7.60. The largest absolute Gasteiger partial charge is 0.308 e.